The Morgan fingerprint density at radius 2 is 1.93 bits per heavy atom. The topological polar surface area (TPSA) is 12.4 Å². The Balaban J connectivity index is 2.17. The average Bonchev–Trinajstić information content (AvgIpc) is 2.47. The molecule has 0 saturated carbocycles. The predicted octanol–water partition coefficient (Wildman–Crippen LogP) is 3.02. The molecule has 72 valence electrons. The van der Waals surface area contributed by atoms with E-state index in [9.17, 15) is 0 Å². The lowest BCUT2D eigenvalue weighted by atomic mass is 9.94. The molecule has 1 aromatic rings. The van der Waals surface area contributed by atoms with Crippen molar-refractivity contribution in [2.24, 2.45) is 4.99 Å². The highest BCUT2D eigenvalue weighted by Crippen LogP contribution is 2.23. The van der Waals surface area contributed by atoms with Crippen LogP contribution < -0.4 is 0 Å². The molecule has 0 amide bonds. The van der Waals surface area contributed by atoms with Crippen molar-refractivity contribution in [1.82, 2.24) is 0 Å². The highest BCUT2D eigenvalue weighted by molar-refractivity contribution is 5.95. The number of allylic oxidation sites excluding steroid dienone is 1. The van der Waals surface area contributed by atoms with Gasteiger partial charge in [0.1, 0.15) is 0 Å². The molecule has 0 bridgehead atoms. The molecule has 0 aliphatic carbocycles. The monoisotopic (exact) mass is 185 g/mol. The molecule has 1 aliphatic rings. The summed E-state index contributed by atoms with van der Waals surface area (Å²) in [6.45, 7) is 4.22. The Morgan fingerprint density at radius 3 is 2.50 bits per heavy atom. The number of nitrogens with zero attached hydrogens (tertiary/aromatic N) is 1. The van der Waals surface area contributed by atoms with Crippen LogP contribution in [0.5, 0.6) is 0 Å². The summed E-state index contributed by atoms with van der Waals surface area (Å²) < 4.78 is 0. The van der Waals surface area contributed by atoms with Gasteiger partial charge in [-0.25, -0.2) is 0 Å². The van der Waals surface area contributed by atoms with Crippen molar-refractivity contribution in [3.8, 4) is 0 Å². The maximum Gasteiger partial charge on any atom is 0.0806 e. The lowest BCUT2D eigenvalue weighted by molar-refractivity contribution is 0.595. The van der Waals surface area contributed by atoms with Gasteiger partial charge >= 0.3 is 0 Å². The smallest absolute Gasteiger partial charge is 0.0806 e. The van der Waals surface area contributed by atoms with Crippen molar-refractivity contribution >= 4 is 5.71 Å². The molecule has 1 unspecified atom stereocenters. The molecule has 0 fully saturated rings. The van der Waals surface area contributed by atoms with E-state index in [2.05, 4.69) is 48.3 Å². The third-order valence-electron chi connectivity index (χ3n) is 2.52. The molecule has 0 saturated heterocycles. The van der Waals surface area contributed by atoms with E-state index in [4.69, 9.17) is 0 Å². The van der Waals surface area contributed by atoms with Crippen LogP contribution in [0.3, 0.4) is 0 Å². The van der Waals surface area contributed by atoms with Crippen LogP contribution >= 0.6 is 0 Å². The molecule has 0 radical (unpaired) electrons. The second-order valence-corrected chi connectivity index (χ2v) is 4.11. The maximum atomic E-state index is 4.62. The summed E-state index contributed by atoms with van der Waals surface area (Å²) in [6, 6.07) is 10.5. The first-order chi connectivity index (χ1) is 6.68. The van der Waals surface area contributed by atoms with Crippen LogP contribution in [0.1, 0.15) is 19.4 Å². The van der Waals surface area contributed by atoms with Crippen molar-refractivity contribution < 1.29 is 0 Å². The normalized spacial score (nSPS) is 25.1. The second-order valence-electron chi connectivity index (χ2n) is 4.11. The fourth-order valence-electron chi connectivity index (χ4n) is 1.89. The molecule has 1 nitrogen and oxygen atoms in total. The Morgan fingerprint density at radius 1 is 1.21 bits per heavy atom. The van der Waals surface area contributed by atoms with Crippen LogP contribution in [-0.2, 0) is 6.42 Å². The van der Waals surface area contributed by atoms with Crippen LogP contribution in [0.2, 0.25) is 0 Å². The first kappa shape index (κ1) is 9.20. The molecule has 1 heterocycles. The third-order valence-corrected chi connectivity index (χ3v) is 2.52. The van der Waals surface area contributed by atoms with Gasteiger partial charge < -0.3 is 0 Å². The minimum atomic E-state index is -0.0224. The van der Waals surface area contributed by atoms with Gasteiger partial charge in [-0.1, -0.05) is 36.4 Å². The zero-order chi connectivity index (χ0) is 10.0. The first-order valence-corrected chi connectivity index (χ1v) is 4.98. The molecule has 2 rings (SSSR count). The number of benzene rings is 1. The van der Waals surface area contributed by atoms with Crippen LogP contribution in [0.25, 0.3) is 0 Å². The van der Waals surface area contributed by atoms with Crippen molar-refractivity contribution in [1.29, 1.82) is 0 Å². The van der Waals surface area contributed by atoms with Gasteiger partial charge in [0.2, 0.25) is 0 Å². The SMILES string of the molecule is CC1=NC(C)(Cc2ccccc2)C=C1. The van der Waals surface area contributed by atoms with E-state index in [0.29, 0.717) is 0 Å². The van der Waals surface area contributed by atoms with E-state index in [0.717, 1.165) is 12.1 Å². The highest BCUT2D eigenvalue weighted by Gasteiger charge is 2.23. The summed E-state index contributed by atoms with van der Waals surface area (Å²) in [5.74, 6) is 0. The lowest BCUT2D eigenvalue weighted by Crippen LogP contribution is -2.20. The number of rotatable bonds is 2. The zero-order valence-electron chi connectivity index (χ0n) is 8.70. The molecular formula is C13H15N. The summed E-state index contributed by atoms with van der Waals surface area (Å²) in [7, 11) is 0. The van der Waals surface area contributed by atoms with Gasteiger partial charge in [-0.3, -0.25) is 4.99 Å². The highest BCUT2D eigenvalue weighted by atomic mass is 14.9. The van der Waals surface area contributed by atoms with Gasteiger partial charge in [0.15, 0.2) is 0 Å². The van der Waals surface area contributed by atoms with E-state index in [1.54, 1.807) is 0 Å². The summed E-state index contributed by atoms with van der Waals surface area (Å²) >= 11 is 0. The van der Waals surface area contributed by atoms with Crippen LogP contribution in [-0.4, -0.2) is 11.3 Å². The van der Waals surface area contributed by atoms with Crippen molar-refractivity contribution in [2.75, 3.05) is 0 Å². The number of hydrogen-bond donors (Lipinski definition) is 0. The Bertz CT molecular complexity index is 375. The second kappa shape index (κ2) is 3.41. The van der Waals surface area contributed by atoms with Gasteiger partial charge in [-0.2, -0.15) is 0 Å². The molecule has 0 spiro atoms. The third kappa shape index (κ3) is 1.92. The maximum absolute atomic E-state index is 4.62. The van der Waals surface area contributed by atoms with E-state index in [1.165, 1.54) is 5.56 Å². The van der Waals surface area contributed by atoms with Crippen molar-refractivity contribution in [2.45, 2.75) is 25.8 Å². The fraction of sp³-hybridized carbons (Fsp3) is 0.308. The van der Waals surface area contributed by atoms with Crippen LogP contribution in [0.15, 0.2) is 47.5 Å². The molecule has 1 atom stereocenters. The molecule has 1 heteroatoms. The fourth-order valence-corrected chi connectivity index (χ4v) is 1.89. The summed E-state index contributed by atoms with van der Waals surface area (Å²) in [5, 5.41) is 0. The molecule has 0 N–H and O–H groups in total. The van der Waals surface area contributed by atoms with Crippen LogP contribution in [0, 0.1) is 0 Å². The summed E-state index contributed by atoms with van der Waals surface area (Å²) in [6.07, 6.45) is 5.28. The number of hydrogen-bond acceptors (Lipinski definition) is 1. The largest absolute Gasteiger partial charge is 0.279 e. The summed E-state index contributed by atoms with van der Waals surface area (Å²) in [5.41, 5.74) is 2.45. The van der Waals surface area contributed by atoms with E-state index >= 15 is 0 Å². The van der Waals surface area contributed by atoms with Gasteiger partial charge in [0.25, 0.3) is 0 Å². The minimum Gasteiger partial charge on any atom is -0.279 e. The van der Waals surface area contributed by atoms with E-state index < -0.39 is 0 Å². The molecular weight excluding hydrogens is 170 g/mol. The molecule has 0 aromatic heterocycles. The molecule has 1 aromatic carbocycles. The van der Waals surface area contributed by atoms with Gasteiger partial charge in [0, 0.05) is 12.1 Å². The standard InChI is InChI=1S/C13H15N/c1-11-8-9-13(2,14-11)10-12-6-4-3-5-7-12/h3-9H,10H2,1-2H3. The van der Waals surface area contributed by atoms with Crippen molar-refractivity contribution in [3.63, 3.8) is 0 Å². The Hall–Kier alpha value is -1.37. The number of aliphatic imine (C=N–C) groups is 1. The Kier molecular flexibility index (Phi) is 2.24. The zero-order valence-corrected chi connectivity index (χ0v) is 8.70. The Labute approximate surface area is 85.2 Å². The first-order valence-electron chi connectivity index (χ1n) is 4.98. The van der Waals surface area contributed by atoms with E-state index in [1.807, 2.05) is 13.0 Å². The van der Waals surface area contributed by atoms with Crippen LogP contribution in [0.4, 0.5) is 0 Å². The minimum absolute atomic E-state index is 0.0224. The summed E-state index contributed by atoms with van der Waals surface area (Å²) in [4.78, 5) is 4.62. The average molecular weight is 185 g/mol. The van der Waals surface area contributed by atoms with Gasteiger partial charge in [0.05, 0.1) is 5.54 Å². The predicted molar refractivity (Wildman–Crippen MR) is 60.8 cm³/mol. The lowest BCUT2D eigenvalue weighted by Gasteiger charge is -2.18. The van der Waals surface area contributed by atoms with Crippen molar-refractivity contribution in [3.05, 3.63) is 48.0 Å². The quantitative estimate of drug-likeness (QED) is 0.671. The van der Waals surface area contributed by atoms with E-state index in [-0.39, 0.29) is 5.54 Å². The van der Waals surface area contributed by atoms with Gasteiger partial charge in [-0.05, 0) is 25.5 Å². The molecule has 14 heavy (non-hydrogen) atoms. The van der Waals surface area contributed by atoms with Gasteiger partial charge in [-0.15, -0.1) is 0 Å². The molecule has 1 aliphatic heterocycles.